The summed E-state index contributed by atoms with van der Waals surface area (Å²) in [7, 11) is 1.96. The Labute approximate surface area is 152 Å². The van der Waals surface area contributed by atoms with Crippen molar-refractivity contribution in [2.45, 2.75) is 6.92 Å². The topological polar surface area (TPSA) is 45.2 Å². The number of hydrogen-bond acceptors (Lipinski definition) is 3. The second-order valence-electron chi connectivity index (χ2n) is 5.66. The Bertz CT molecular complexity index is 879. The summed E-state index contributed by atoms with van der Waals surface area (Å²) in [5.74, 6) is -0.265. The maximum Gasteiger partial charge on any atom is 0.274 e. The molecule has 0 aliphatic rings. The summed E-state index contributed by atoms with van der Waals surface area (Å²) in [6, 6.07) is 19.0. The van der Waals surface area contributed by atoms with E-state index in [1.54, 1.807) is 24.4 Å². The molecule has 1 aromatic heterocycles. The number of carbonyl (C=O) groups is 1. The van der Waals surface area contributed by atoms with Gasteiger partial charge in [0.15, 0.2) is 0 Å². The average Bonchev–Trinajstić information content (AvgIpc) is 2.65. The maximum absolute atomic E-state index is 12.4. The molecule has 1 heterocycles. The summed E-state index contributed by atoms with van der Waals surface area (Å²) in [5.41, 5.74) is 3.82. The molecule has 0 saturated carbocycles. The highest BCUT2D eigenvalue weighted by Crippen LogP contribution is 2.24. The first-order chi connectivity index (χ1) is 12.1. The molecule has 0 saturated heterocycles. The number of nitrogens with zero attached hydrogens (tertiary/aromatic N) is 2. The first kappa shape index (κ1) is 17.0. The SMILES string of the molecule is Cc1c(Cl)cccc1NC(=O)c1ccc(N(C)c2ccccc2)cn1. The van der Waals surface area contributed by atoms with Gasteiger partial charge in [0.05, 0.1) is 11.9 Å². The van der Waals surface area contributed by atoms with Crippen molar-refractivity contribution in [3.05, 3.63) is 83.1 Å². The number of rotatable bonds is 4. The number of para-hydroxylation sites is 1. The van der Waals surface area contributed by atoms with Crippen molar-refractivity contribution < 1.29 is 4.79 Å². The van der Waals surface area contributed by atoms with E-state index >= 15 is 0 Å². The normalized spacial score (nSPS) is 10.4. The predicted molar refractivity (Wildman–Crippen MR) is 103 cm³/mol. The standard InChI is InChI=1S/C20H18ClN3O/c1-14-17(21)9-6-10-18(14)23-20(25)19-12-11-16(13-22-19)24(2)15-7-4-3-5-8-15/h3-13H,1-2H3,(H,23,25). The lowest BCUT2D eigenvalue weighted by atomic mass is 10.2. The number of anilines is 3. The Hall–Kier alpha value is -2.85. The molecule has 4 nitrogen and oxygen atoms in total. The second kappa shape index (κ2) is 7.36. The van der Waals surface area contributed by atoms with Crippen LogP contribution in [0.5, 0.6) is 0 Å². The highest BCUT2D eigenvalue weighted by Gasteiger charge is 2.11. The first-order valence-electron chi connectivity index (χ1n) is 7.87. The van der Waals surface area contributed by atoms with E-state index in [2.05, 4.69) is 10.3 Å². The van der Waals surface area contributed by atoms with E-state index in [1.807, 2.05) is 61.3 Å². The Morgan fingerprint density at radius 1 is 1.00 bits per heavy atom. The van der Waals surface area contributed by atoms with Gasteiger partial charge in [-0.3, -0.25) is 4.79 Å². The summed E-state index contributed by atoms with van der Waals surface area (Å²) in [4.78, 5) is 18.7. The predicted octanol–water partition coefficient (Wildman–Crippen LogP) is 5.06. The Balaban J connectivity index is 1.76. The van der Waals surface area contributed by atoms with Crippen molar-refractivity contribution in [2.24, 2.45) is 0 Å². The van der Waals surface area contributed by atoms with Gasteiger partial charge in [-0.1, -0.05) is 35.9 Å². The molecule has 5 heteroatoms. The van der Waals surface area contributed by atoms with Crippen molar-refractivity contribution in [2.75, 3.05) is 17.3 Å². The third-order valence-electron chi connectivity index (χ3n) is 4.03. The monoisotopic (exact) mass is 351 g/mol. The van der Waals surface area contributed by atoms with Crippen LogP contribution >= 0.6 is 11.6 Å². The van der Waals surface area contributed by atoms with Gasteiger partial charge in [0.25, 0.3) is 5.91 Å². The number of amides is 1. The van der Waals surface area contributed by atoms with Gasteiger partial charge in [0.2, 0.25) is 0 Å². The molecule has 25 heavy (non-hydrogen) atoms. The van der Waals surface area contributed by atoms with Crippen molar-refractivity contribution in [3.8, 4) is 0 Å². The van der Waals surface area contributed by atoms with Gasteiger partial charge >= 0.3 is 0 Å². The van der Waals surface area contributed by atoms with Gasteiger partial charge in [-0.05, 0) is 48.9 Å². The van der Waals surface area contributed by atoms with Crippen LogP contribution in [-0.4, -0.2) is 17.9 Å². The molecule has 1 amide bonds. The molecule has 0 fully saturated rings. The fourth-order valence-electron chi connectivity index (χ4n) is 2.45. The number of nitrogens with one attached hydrogen (secondary N) is 1. The van der Waals surface area contributed by atoms with E-state index in [-0.39, 0.29) is 5.91 Å². The van der Waals surface area contributed by atoms with Gasteiger partial charge in [0, 0.05) is 23.4 Å². The number of aromatic nitrogens is 1. The smallest absolute Gasteiger partial charge is 0.274 e. The molecule has 3 aromatic rings. The van der Waals surface area contributed by atoms with Crippen LogP contribution in [0.2, 0.25) is 5.02 Å². The summed E-state index contributed by atoms with van der Waals surface area (Å²) in [5, 5.41) is 3.46. The molecule has 1 N–H and O–H groups in total. The largest absolute Gasteiger partial charge is 0.343 e. The van der Waals surface area contributed by atoms with Crippen LogP contribution in [0.1, 0.15) is 16.1 Å². The molecule has 0 aliphatic heterocycles. The maximum atomic E-state index is 12.4. The van der Waals surface area contributed by atoms with Gasteiger partial charge in [-0.15, -0.1) is 0 Å². The lowest BCUT2D eigenvalue weighted by molar-refractivity contribution is 0.102. The van der Waals surface area contributed by atoms with Crippen molar-refractivity contribution >= 4 is 34.6 Å². The lowest BCUT2D eigenvalue weighted by Gasteiger charge is -2.19. The average molecular weight is 352 g/mol. The molecular formula is C20H18ClN3O. The molecule has 0 atom stereocenters. The summed E-state index contributed by atoms with van der Waals surface area (Å²) in [6.45, 7) is 1.86. The number of carbonyl (C=O) groups excluding carboxylic acids is 1. The van der Waals surface area contributed by atoms with E-state index in [9.17, 15) is 4.79 Å². The molecule has 0 bridgehead atoms. The fraction of sp³-hybridized carbons (Fsp3) is 0.100. The Morgan fingerprint density at radius 3 is 2.44 bits per heavy atom. The number of benzene rings is 2. The van der Waals surface area contributed by atoms with Crippen LogP contribution in [0.4, 0.5) is 17.1 Å². The zero-order valence-corrected chi connectivity index (χ0v) is 14.8. The number of pyridine rings is 1. The van der Waals surface area contributed by atoms with E-state index in [1.165, 1.54) is 0 Å². The van der Waals surface area contributed by atoms with E-state index < -0.39 is 0 Å². The van der Waals surface area contributed by atoms with Gasteiger partial charge in [-0.2, -0.15) is 0 Å². The lowest BCUT2D eigenvalue weighted by Crippen LogP contribution is -2.15. The Morgan fingerprint density at radius 2 is 1.76 bits per heavy atom. The third kappa shape index (κ3) is 3.80. The second-order valence-corrected chi connectivity index (χ2v) is 6.07. The molecule has 0 aliphatic carbocycles. The summed E-state index contributed by atoms with van der Waals surface area (Å²) >= 11 is 6.08. The van der Waals surface area contributed by atoms with Crippen LogP contribution in [0.25, 0.3) is 0 Å². The van der Waals surface area contributed by atoms with Gasteiger partial charge in [0.1, 0.15) is 5.69 Å². The van der Waals surface area contributed by atoms with Gasteiger partial charge < -0.3 is 10.2 Å². The van der Waals surface area contributed by atoms with Gasteiger partial charge in [-0.25, -0.2) is 4.98 Å². The molecule has 0 unspecified atom stereocenters. The third-order valence-corrected chi connectivity index (χ3v) is 4.44. The van der Waals surface area contributed by atoms with E-state index in [0.717, 1.165) is 16.9 Å². The minimum atomic E-state index is -0.265. The van der Waals surface area contributed by atoms with Crippen LogP contribution in [0.15, 0.2) is 66.9 Å². The zero-order chi connectivity index (χ0) is 17.8. The number of halogens is 1. The minimum Gasteiger partial charge on any atom is -0.343 e. The van der Waals surface area contributed by atoms with E-state index in [0.29, 0.717) is 16.4 Å². The van der Waals surface area contributed by atoms with Crippen LogP contribution in [0.3, 0.4) is 0 Å². The van der Waals surface area contributed by atoms with Crippen LogP contribution < -0.4 is 10.2 Å². The molecule has 3 rings (SSSR count). The quantitative estimate of drug-likeness (QED) is 0.714. The van der Waals surface area contributed by atoms with Crippen LogP contribution in [-0.2, 0) is 0 Å². The summed E-state index contributed by atoms with van der Waals surface area (Å²) < 4.78 is 0. The molecule has 0 radical (unpaired) electrons. The Kier molecular flexibility index (Phi) is 5.00. The van der Waals surface area contributed by atoms with Crippen molar-refractivity contribution in [3.63, 3.8) is 0 Å². The first-order valence-corrected chi connectivity index (χ1v) is 8.25. The highest BCUT2D eigenvalue weighted by atomic mass is 35.5. The minimum absolute atomic E-state index is 0.265. The highest BCUT2D eigenvalue weighted by molar-refractivity contribution is 6.31. The molecular weight excluding hydrogens is 334 g/mol. The molecule has 2 aromatic carbocycles. The van der Waals surface area contributed by atoms with Crippen molar-refractivity contribution in [1.82, 2.24) is 4.98 Å². The molecule has 0 spiro atoms. The number of hydrogen-bond donors (Lipinski definition) is 1. The van der Waals surface area contributed by atoms with Crippen LogP contribution in [0, 0.1) is 6.92 Å². The summed E-state index contributed by atoms with van der Waals surface area (Å²) in [6.07, 6.45) is 1.69. The van der Waals surface area contributed by atoms with Crippen molar-refractivity contribution in [1.29, 1.82) is 0 Å². The molecule has 126 valence electrons. The fourth-order valence-corrected chi connectivity index (χ4v) is 2.62. The zero-order valence-electron chi connectivity index (χ0n) is 14.0. The van der Waals surface area contributed by atoms with E-state index in [4.69, 9.17) is 11.6 Å².